The molecule has 3 unspecified atom stereocenters. The molecule has 27 heteroatoms. The first kappa shape index (κ1) is 89.2. The molecular weight excluding hydrogens is 1600 g/mol. The van der Waals surface area contributed by atoms with Crippen LogP contribution in [0.4, 0.5) is 17.2 Å². The Morgan fingerprint density at radius 3 is 1.47 bits per heavy atom. The topological polar surface area (TPSA) is 322 Å². The van der Waals surface area contributed by atoms with E-state index in [4.69, 9.17) is 32.7 Å². The van der Waals surface area contributed by atoms with E-state index in [0.29, 0.717) is 89.5 Å². The minimum absolute atomic E-state index is 0.0127. The van der Waals surface area contributed by atoms with E-state index in [1.54, 1.807) is 0 Å². The van der Waals surface area contributed by atoms with E-state index >= 15 is 0 Å². The summed E-state index contributed by atoms with van der Waals surface area (Å²) in [5, 5.41) is 1.78. The molecule has 25 nitrogen and oxygen atoms in total. The molecule has 0 saturated heterocycles. The average molecular weight is 1710 g/mol. The molecule has 16 rings (SSSR count). The molecule has 0 fully saturated rings. The van der Waals surface area contributed by atoms with Gasteiger partial charge in [0.05, 0.1) is 75.9 Å². The van der Waals surface area contributed by atoms with Crippen molar-refractivity contribution >= 4 is 80.1 Å². The Morgan fingerprint density at radius 2 is 0.927 bits per heavy atom. The minimum atomic E-state index is -0.694. The first-order valence-corrected chi connectivity index (χ1v) is 43.0. The fourth-order valence-electron chi connectivity index (χ4n) is 15.5. The van der Waals surface area contributed by atoms with Gasteiger partial charge in [0.1, 0.15) is 5.48 Å². The maximum absolute atomic E-state index is 12.6. The Labute approximate surface area is 727 Å². The number of nitrogens with zero attached hydrogens (tertiary/aromatic N) is 12. The number of aromatic nitrogens is 14. The summed E-state index contributed by atoms with van der Waals surface area (Å²) < 4.78 is 18.1. The quantitative estimate of drug-likeness (QED) is 0.0305. The summed E-state index contributed by atoms with van der Waals surface area (Å²) in [5.74, 6) is 2.17. The highest BCUT2D eigenvalue weighted by Gasteiger charge is 2.28. The van der Waals surface area contributed by atoms with Gasteiger partial charge in [-0.1, -0.05) is 160 Å². The van der Waals surface area contributed by atoms with Crippen molar-refractivity contribution in [3.63, 3.8) is 0 Å². The van der Waals surface area contributed by atoms with Gasteiger partial charge in [0.2, 0.25) is 0 Å². The van der Waals surface area contributed by atoms with Gasteiger partial charge < -0.3 is 33.1 Å². The van der Waals surface area contributed by atoms with Crippen LogP contribution in [0.2, 0.25) is 10.0 Å². The number of aromatic amines is 4. The first-order chi connectivity index (χ1) is 59.5. The van der Waals surface area contributed by atoms with Gasteiger partial charge in [-0.25, -0.2) is 39.3 Å². The van der Waals surface area contributed by atoms with Crippen molar-refractivity contribution in [2.24, 2.45) is 4.99 Å². The van der Waals surface area contributed by atoms with Crippen LogP contribution in [0.5, 0.6) is 0 Å². The van der Waals surface area contributed by atoms with E-state index in [2.05, 4.69) is 219 Å². The number of H-pyrrole nitrogens is 4. The number of hydrogen-bond acceptors (Lipinski definition) is 18. The van der Waals surface area contributed by atoms with E-state index < -0.39 is 33.7 Å². The summed E-state index contributed by atoms with van der Waals surface area (Å²) in [5.41, 5.74) is 17.6. The highest BCUT2D eigenvalue weighted by molar-refractivity contribution is 6.30. The molecule has 640 valence electrons. The van der Waals surface area contributed by atoms with Gasteiger partial charge in [0.25, 0.3) is 22.2 Å². The van der Waals surface area contributed by atoms with Gasteiger partial charge in [0, 0.05) is 42.6 Å². The zero-order chi connectivity index (χ0) is 88.3. The molecule has 8 aromatic carbocycles. The number of halogens is 2. The van der Waals surface area contributed by atoms with Crippen LogP contribution in [0.3, 0.4) is 0 Å². The van der Waals surface area contributed by atoms with Crippen LogP contribution >= 0.6 is 23.2 Å². The van der Waals surface area contributed by atoms with E-state index in [0.717, 1.165) is 118 Å². The van der Waals surface area contributed by atoms with Crippen LogP contribution in [-0.4, -0.2) is 100.0 Å². The minimum Gasteiger partial charge on any atom is -0.376 e. The monoisotopic (exact) mass is 1710 g/mol. The largest absolute Gasteiger partial charge is 0.376 e. The van der Waals surface area contributed by atoms with Crippen LogP contribution in [0.15, 0.2) is 196 Å². The van der Waals surface area contributed by atoms with Crippen LogP contribution in [0, 0.1) is 34.6 Å². The smallest absolute Gasteiger partial charge is 0.349 e. The summed E-state index contributed by atoms with van der Waals surface area (Å²) in [6.07, 6.45) is 7.52. The second kappa shape index (κ2) is 39.7. The maximum atomic E-state index is 12.6. The van der Waals surface area contributed by atoms with E-state index in [-0.39, 0.29) is 52.6 Å². The lowest BCUT2D eigenvalue weighted by Crippen LogP contribution is -2.42. The molecule has 0 saturated carbocycles. The number of unbranched alkanes of at least 4 members (excludes halogenated alkanes) is 1. The molecule has 124 heavy (non-hydrogen) atoms. The van der Waals surface area contributed by atoms with Crippen LogP contribution in [-0.2, 0) is 61.2 Å². The molecule has 0 spiro atoms. The van der Waals surface area contributed by atoms with Crippen molar-refractivity contribution < 1.29 is 9.47 Å². The van der Waals surface area contributed by atoms with Crippen molar-refractivity contribution in [3.8, 4) is 34.6 Å². The Kier molecular flexibility index (Phi) is 28.6. The second-order valence-electron chi connectivity index (χ2n) is 32.4. The lowest BCUT2D eigenvalue weighted by atomic mass is 9.98. The van der Waals surface area contributed by atoms with E-state index in [1.165, 1.54) is 38.9 Å². The Balaban J connectivity index is 0.000000142. The van der Waals surface area contributed by atoms with Gasteiger partial charge in [-0.2, -0.15) is 15.0 Å². The molecule has 4 N–H and O–H groups in total. The van der Waals surface area contributed by atoms with E-state index in [9.17, 15) is 33.6 Å². The number of fused-ring (bicyclic) bond motifs is 8. The highest BCUT2D eigenvalue weighted by Crippen LogP contribution is 2.38. The van der Waals surface area contributed by atoms with Gasteiger partial charge in [-0.3, -0.25) is 34.1 Å². The number of nitrogens with one attached hydrogen (secondary N) is 4. The summed E-state index contributed by atoms with van der Waals surface area (Å²) in [4.78, 5) is 133. The maximum Gasteiger partial charge on any atom is 0.349 e. The standard InChI is InChI=1S/C25H27ClN4O3.C25H28N4O3.C24H26N4O2.C23H23ClN4O/c1-14(2)17-7-10-21-20(12-17)27-22-23(28-25(32)29-24(22)31)30(21)13-19(33-15(3)4)11-16-5-8-18(26)9-6-16;1-5-18-13-20-21(11-16(18)4)29(23-22(26-20)24(30)28-25(31)27-23)14-19(32-6-2)12-17-9-7-15(3)8-10-17;1-4-16(3)18-11-12-20-19(14-18)25-21-22(26-24(30)27-23(21)29)28(20)13-5-6-17-9-7-15(2)8-10-17;1-14-12-19-20(13-15(14)2)28(22-21(27-19)23(29)26-16(3)25-22)11-5-4-6-17-7-9-18(24)10-8-17/h5-10,12,14-15,19H,11,13H2,1-4H3,(H,29,31,32);7-11,13,19H,5-6,12,14H2,1-4H3,(H,28,30,31);7-12,14,16H,4-6,13H2,1-3H3,(H,27,29,30);7-10,12-13H,3-6,11H2,1-2H3,(H,26,29). The fraction of sp³-hybridized carbons (Fsp3) is 0.330. The molecule has 9 aromatic rings. The van der Waals surface area contributed by atoms with Crippen molar-refractivity contribution in [1.82, 2.24) is 68.5 Å². The van der Waals surface area contributed by atoms with Crippen molar-refractivity contribution in [1.29, 1.82) is 0 Å². The summed E-state index contributed by atoms with van der Waals surface area (Å²) >= 11 is 12.0. The third kappa shape index (κ3) is 21.4. The van der Waals surface area contributed by atoms with Gasteiger partial charge >= 0.3 is 17.1 Å². The fourth-order valence-corrected chi connectivity index (χ4v) is 15.8. The number of aryl methyl sites for hydroxylation is 9. The normalized spacial score (nSPS) is 12.5. The Bertz CT molecular complexity index is 6840. The predicted molar refractivity (Wildman–Crippen MR) is 493 cm³/mol. The predicted octanol–water partition coefficient (Wildman–Crippen LogP) is 15.7. The SMILES string of the molecule is C=c1nc2c(c(=O)[nH]1)=Nc1cc(C)c(C)cc1N2CCCCc1ccc(Cl)cc1.CC(C)OC(Cc1ccc(Cl)cc1)Cn1c2nc(=O)[nH]c(=O)c-2nc2cc(C(C)C)ccc21.CCC(C)c1ccc2c(c1)nc1c(=O)[nH]c(=O)nc-1n2CCCc1ccc(C)cc1.CCOC(Cc1ccc(C)cc1)Cn1c2nc(=O)[nH]c(=O)c-2nc2cc(CC)c(C)cc21. The number of ether oxygens (including phenoxy) is 2. The van der Waals surface area contributed by atoms with Gasteiger partial charge in [-0.15, -0.1) is 0 Å². The van der Waals surface area contributed by atoms with Crippen LogP contribution in [0.1, 0.15) is 160 Å². The number of hydrogen-bond donors (Lipinski definition) is 4. The molecule has 0 radical (unpaired) electrons. The van der Waals surface area contributed by atoms with E-state index in [1.807, 2.05) is 113 Å². The Hall–Kier alpha value is -12.6. The second-order valence-corrected chi connectivity index (χ2v) is 33.2. The number of rotatable bonds is 25. The molecule has 1 aromatic heterocycles. The summed E-state index contributed by atoms with van der Waals surface area (Å²) in [7, 11) is 0. The zero-order valence-corrected chi connectivity index (χ0v) is 73.8. The number of benzene rings is 8. The highest BCUT2D eigenvalue weighted by atomic mass is 35.5. The molecule has 0 aliphatic carbocycles. The lowest BCUT2D eigenvalue weighted by molar-refractivity contribution is -0.000465. The zero-order valence-electron chi connectivity index (χ0n) is 72.3. The van der Waals surface area contributed by atoms with Gasteiger partial charge in [0.15, 0.2) is 45.7 Å². The van der Waals surface area contributed by atoms with Crippen molar-refractivity contribution in [3.05, 3.63) is 318 Å². The third-order valence-electron chi connectivity index (χ3n) is 22.4. The molecule has 7 aliphatic heterocycles. The molecular formula is C97H104Cl2N16O9. The van der Waals surface area contributed by atoms with Crippen LogP contribution < -0.4 is 55.0 Å². The molecule has 0 amide bonds. The van der Waals surface area contributed by atoms with Crippen molar-refractivity contribution in [2.45, 2.75) is 198 Å². The first-order valence-electron chi connectivity index (χ1n) is 42.3. The molecule has 0 bridgehead atoms. The molecule has 8 heterocycles. The third-order valence-corrected chi connectivity index (χ3v) is 22.9. The Morgan fingerprint density at radius 1 is 0.452 bits per heavy atom. The van der Waals surface area contributed by atoms with Gasteiger partial charge in [-0.05, 0) is 241 Å². The number of anilines is 2. The molecule has 7 aliphatic rings. The van der Waals surface area contributed by atoms with Crippen molar-refractivity contribution in [2.75, 3.05) is 18.1 Å². The summed E-state index contributed by atoms with van der Waals surface area (Å²) in [6, 6.07) is 52.9. The average Bonchev–Trinajstić information content (AvgIpc) is 0.767. The van der Waals surface area contributed by atoms with Crippen LogP contribution in [0.25, 0.3) is 74.2 Å². The lowest BCUT2D eigenvalue weighted by Gasteiger charge is -2.28. The molecule has 3 atom stereocenters. The summed E-state index contributed by atoms with van der Waals surface area (Å²) in [6.45, 7) is 33.5.